The lowest BCUT2D eigenvalue weighted by Crippen LogP contribution is -2.32. The lowest BCUT2D eigenvalue weighted by Gasteiger charge is -2.20. The molecule has 1 unspecified atom stereocenters. The van der Waals surface area contributed by atoms with Crippen molar-refractivity contribution in [3.63, 3.8) is 0 Å². The van der Waals surface area contributed by atoms with E-state index in [1.54, 1.807) is 0 Å². The zero-order valence-electron chi connectivity index (χ0n) is 13.1. The fraction of sp³-hybridized carbons (Fsp3) is 0.353. The molecule has 3 aromatic rings. The van der Waals surface area contributed by atoms with E-state index in [-0.39, 0.29) is 11.9 Å². The van der Waals surface area contributed by atoms with Crippen molar-refractivity contribution < 1.29 is 9.32 Å². The highest BCUT2D eigenvalue weighted by Gasteiger charge is 2.22. The van der Waals surface area contributed by atoms with E-state index in [0.29, 0.717) is 6.42 Å². The Morgan fingerprint density at radius 2 is 2.17 bits per heavy atom. The van der Waals surface area contributed by atoms with Crippen molar-refractivity contribution >= 4 is 16.9 Å². The first kappa shape index (κ1) is 14.0. The van der Waals surface area contributed by atoms with Crippen molar-refractivity contribution in [1.29, 1.82) is 0 Å². The summed E-state index contributed by atoms with van der Waals surface area (Å²) in [4.78, 5) is 19.6. The van der Waals surface area contributed by atoms with Crippen LogP contribution >= 0.6 is 0 Å². The highest BCUT2D eigenvalue weighted by molar-refractivity contribution is 5.83. The number of rotatable bonds is 2. The Hall–Kier alpha value is -2.63. The van der Waals surface area contributed by atoms with Gasteiger partial charge in [0.1, 0.15) is 11.6 Å². The highest BCUT2D eigenvalue weighted by Crippen LogP contribution is 2.30. The summed E-state index contributed by atoms with van der Waals surface area (Å²) in [6.45, 7) is 3.85. The SMILES string of the molecule is Cc1noc(C)c1-c1ccc2nc(C3CCCC(=O)N3)[nH]c2c1. The van der Waals surface area contributed by atoms with Crippen molar-refractivity contribution in [2.45, 2.75) is 39.2 Å². The fourth-order valence-electron chi connectivity index (χ4n) is 3.26. The Kier molecular flexibility index (Phi) is 3.18. The minimum atomic E-state index is -0.0221. The van der Waals surface area contributed by atoms with Gasteiger partial charge in [0.15, 0.2) is 0 Å². The first-order valence-corrected chi connectivity index (χ1v) is 7.84. The predicted molar refractivity (Wildman–Crippen MR) is 85.8 cm³/mol. The molecule has 118 valence electrons. The molecule has 1 atom stereocenters. The Labute approximate surface area is 133 Å². The molecule has 6 heteroatoms. The molecule has 1 aliphatic rings. The molecule has 0 radical (unpaired) electrons. The molecule has 1 amide bonds. The summed E-state index contributed by atoms with van der Waals surface area (Å²) >= 11 is 0. The summed E-state index contributed by atoms with van der Waals surface area (Å²) in [7, 11) is 0. The van der Waals surface area contributed by atoms with Crippen LogP contribution in [0.15, 0.2) is 22.7 Å². The number of carbonyl (C=O) groups excluding carboxylic acids is 1. The molecule has 1 aromatic carbocycles. The first-order chi connectivity index (χ1) is 11.1. The number of fused-ring (bicyclic) bond motifs is 1. The van der Waals surface area contributed by atoms with Gasteiger partial charge in [0.2, 0.25) is 5.91 Å². The molecule has 2 N–H and O–H groups in total. The van der Waals surface area contributed by atoms with E-state index in [2.05, 4.69) is 26.5 Å². The molecule has 2 aromatic heterocycles. The number of nitrogens with zero attached hydrogens (tertiary/aromatic N) is 2. The minimum Gasteiger partial charge on any atom is -0.361 e. The summed E-state index contributed by atoms with van der Waals surface area (Å²) in [5.41, 5.74) is 4.81. The lowest BCUT2D eigenvalue weighted by atomic mass is 10.0. The maximum absolute atomic E-state index is 11.6. The van der Waals surface area contributed by atoms with E-state index in [4.69, 9.17) is 4.52 Å². The molecule has 3 heterocycles. The van der Waals surface area contributed by atoms with Crippen LogP contribution in [-0.4, -0.2) is 21.0 Å². The smallest absolute Gasteiger partial charge is 0.220 e. The van der Waals surface area contributed by atoms with Crippen molar-refractivity contribution in [3.05, 3.63) is 35.5 Å². The van der Waals surface area contributed by atoms with Crippen LogP contribution < -0.4 is 5.32 Å². The van der Waals surface area contributed by atoms with Crippen molar-refractivity contribution in [2.24, 2.45) is 0 Å². The maximum Gasteiger partial charge on any atom is 0.220 e. The molecule has 1 aliphatic heterocycles. The van der Waals surface area contributed by atoms with Crippen molar-refractivity contribution in [2.75, 3.05) is 0 Å². The number of piperidine rings is 1. The number of benzene rings is 1. The number of imidazole rings is 1. The van der Waals surface area contributed by atoms with E-state index >= 15 is 0 Å². The van der Waals surface area contributed by atoms with Gasteiger partial charge in [0.05, 0.1) is 22.8 Å². The molecule has 0 bridgehead atoms. The summed E-state index contributed by atoms with van der Waals surface area (Å²) < 4.78 is 5.25. The number of hydrogen-bond donors (Lipinski definition) is 2. The maximum atomic E-state index is 11.6. The third-order valence-electron chi connectivity index (χ3n) is 4.38. The van der Waals surface area contributed by atoms with Crippen LogP contribution in [0.3, 0.4) is 0 Å². The molecular formula is C17H18N4O2. The topological polar surface area (TPSA) is 83.8 Å². The third-order valence-corrected chi connectivity index (χ3v) is 4.38. The van der Waals surface area contributed by atoms with Gasteiger partial charge in [-0.25, -0.2) is 4.98 Å². The number of hydrogen-bond acceptors (Lipinski definition) is 4. The number of aryl methyl sites for hydroxylation is 2. The van der Waals surface area contributed by atoms with E-state index in [9.17, 15) is 4.79 Å². The van der Waals surface area contributed by atoms with E-state index in [1.165, 1.54) is 0 Å². The zero-order valence-corrected chi connectivity index (χ0v) is 13.1. The number of H-pyrrole nitrogens is 1. The summed E-state index contributed by atoms with van der Waals surface area (Å²) in [5.74, 6) is 1.73. The Bertz CT molecular complexity index is 874. The van der Waals surface area contributed by atoms with Crippen molar-refractivity contribution in [1.82, 2.24) is 20.4 Å². The van der Waals surface area contributed by atoms with Crippen LogP contribution in [0.25, 0.3) is 22.2 Å². The van der Waals surface area contributed by atoms with E-state index < -0.39 is 0 Å². The number of amides is 1. The molecule has 1 saturated heterocycles. The number of carbonyl (C=O) groups is 1. The van der Waals surface area contributed by atoms with Crippen LogP contribution in [0.5, 0.6) is 0 Å². The standard InChI is InChI=1S/C17H18N4O2/c1-9-16(10(2)23-21-9)11-6-7-12-14(8-11)20-17(19-12)13-4-3-5-15(22)18-13/h6-8,13H,3-5H2,1-2H3,(H,18,22)(H,19,20). The fourth-order valence-corrected chi connectivity index (χ4v) is 3.26. The quantitative estimate of drug-likeness (QED) is 0.761. The summed E-state index contributed by atoms with van der Waals surface area (Å²) in [6.07, 6.45) is 2.42. The Balaban J connectivity index is 1.74. The molecule has 1 fully saturated rings. The van der Waals surface area contributed by atoms with Gasteiger partial charge in [0, 0.05) is 12.0 Å². The van der Waals surface area contributed by atoms with Crippen LogP contribution in [0.1, 0.15) is 42.6 Å². The van der Waals surface area contributed by atoms with Gasteiger partial charge in [-0.05, 0) is 44.4 Å². The van der Waals surface area contributed by atoms with Crippen LogP contribution in [-0.2, 0) is 4.79 Å². The normalized spacial score (nSPS) is 18.3. The van der Waals surface area contributed by atoms with E-state index in [0.717, 1.165) is 52.3 Å². The molecule has 23 heavy (non-hydrogen) atoms. The van der Waals surface area contributed by atoms with Gasteiger partial charge in [-0.15, -0.1) is 0 Å². The minimum absolute atomic E-state index is 0.0221. The van der Waals surface area contributed by atoms with Gasteiger partial charge in [-0.2, -0.15) is 0 Å². The third kappa shape index (κ3) is 2.40. The second-order valence-electron chi connectivity index (χ2n) is 6.07. The van der Waals surface area contributed by atoms with E-state index in [1.807, 2.05) is 26.0 Å². The van der Waals surface area contributed by atoms with Crippen molar-refractivity contribution in [3.8, 4) is 11.1 Å². The average molecular weight is 310 g/mol. The number of aromatic nitrogens is 3. The molecule has 4 rings (SSSR count). The van der Waals surface area contributed by atoms with Crippen LogP contribution in [0.4, 0.5) is 0 Å². The molecule has 0 spiro atoms. The second-order valence-corrected chi connectivity index (χ2v) is 6.07. The summed E-state index contributed by atoms with van der Waals surface area (Å²) in [6, 6.07) is 6.05. The summed E-state index contributed by atoms with van der Waals surface area (Å²) in [5, 5.41) is 7.01. The Morgan fingerprint density at radius 3 is 2.91 bits per heavy atom. The molecular weight excluding hydrogens is 292 g/mol. The Morgan fingerprint density at radius 1 is 1.30 bits per heavy atom. The van der Waals surface area contributed by atoms with Crippen LogP contribution in [0, 0.1) is 13.8 Å². The molecule has 6 nitrogen and oxygen atoms in total. The molecule has 0 aliphatic carbocycles. The van der Waals surface area contributed by atoms with Gasteiger partial charge in [0.25, 0.3) is 0 Å². The van der Waals surface area contributed by atoms with Gasteiger partial charge >= 0.3 is 0 Å². The highest BCUT2D eigenvalue weighted by atomic mass is 16.5. The average Bonchev–Trinajstić information content (AvgIpc) is 3.10. The lowest BCUT2D eigenvalue weighted by molar-refractivity contribution is -0.123. The van der Waals surface area contributed by atoms with Gasteiger partial charge in [-0.3, -0.25) is 4.79 Å². The second kappa shape index (κ2) is 5.22. The predicted octanol–water partition coefficient (Wildman–Crippen LogP) is 3.18. The van der Waals surface area contributed by atoms with Gasteiger partial charge in [-0.1, -0.05) is 11.2 Å². The van der Waals surface area contributed by atoms with Crippen LogP contribution in [0.2, 0.25) is 0 Å². The first-order valence-electron chi connectivity index (χ1n) is 7.84. The number of aromatic amines is 1. The zero-order chi connectivity index (χ0) is 16.0. The number of nitrogens with one attached hydrogen (secondary N) is 2. The largest absolute Gasteiger partial charge is 0.361 e. The molecule has 0 saturated carbocycles. The monoisotopic (exact) mass is 310 g/mol. The van der Waals surface area contributed by atoms with Gasteiger partial charge < -0.3 is 14.8 Å².